The molecule has 120 valence electrons. The number of thiophene rings is 1. The number of hydrogen-bond acceptors (Lipinski definition) is 6. The van der Waals surface area contributed by atoms with Crippen molar-refractivity contribution in [1.29, 1.82) is 0 Å². The molecule has 0 fully saturated rings. The van der Waals surface area contributed by atoms with Gasteiger partial charge >= 0.3 is 5.97 Å². The molecule has 0 radical (unpaired) electrons. The van der Waals surface area contributed by atoms with Gasteiger partial charge in [-0.05, 0) is 18.4 Å². The number of sulfonamides is 1. The molecule has 1 unspecified atom stereocenters. The molecule has 0 amide bonds. The number of carbonyl (C=O) groups is 1. The fourth-order valence-corrected chi connectivity index (χ4v) is 3.99. The Morgan fingerprint density at radius 3 is 2.62 bits per heavy atom. The minimum absolute atomic E-state index is 0.0456. The molecule has 0 saturated heterocycles. The summed E-state index contributed by atoms with van der Waals surface area (Å²) in [5.74, 6) is -0.237. The van der Waals surface area contributed by atoms with E-state index in [0.29, 0.717) is 18.9 Å². The largest absolute Gasteiger partial charge is 0.465 e. The molecule has 0 aliphatic rings. The third kappa shape index (κ3) is 4.50. The lowest BCUT2D eigenvalue weighted by Gasteiger charge is -2.20. The predicted molar refractivity (Wildman–Crippen MR) is 82.9 cm³/mol. The van der Waals surface area contributed by atoms with Gasteiger partial charge in [0.05, 0.1) is 12.0 Å². The van der Waals surface area contributed by atoms with Gasteiger partial charge in [0.15, 0.2) is 0 Å². The molecule has 1 aromatic rings. The summed E-state index contributed by atoms with van der Waals surface area (Å²) in [4.78, 5) is 11.7. The lowest BCUT2D eigenvalue weighted by atomic mass is 10.0. The summed E-state index contributed by atoms with van der Waals surface area (Å²) < 4.78 is 30.6. The third-order valence-electron chi connectivity index (χ3n) is 3.30. The van der Waals surface area contributed by atoms with E-state index in [1.807, 2.05) is 13.8 Å². The molecule has 8 heteroatoms. The molecular weight excluding hydrogens is 312 g/mol. The van der Waals surface area contributed by atoms with Crippen molar-refractivity contribution in [2.75, 3.05) is 20.7 Å². The summed E-state index contributed by atoms with van der Waals surface area (Å²) in [5, 5.41) is 1.44. The van der Waals surface area contributed by atoms with Crippen molar-refractivity contribution in [1.82, 2.24) is 4.31 Å². The zero-order valence-electron chi connectivity index (χ0n) is 12.7. The number of rotatable bonds is 7. The number of carbonyl (C=O) groups excluding carboxylic acids is 1. The van der Waals surface area contributed by atoms with Gasteiger partial charge in [0.1, 0.15) is 4.88 Å². The quantitative estimate of drug-likeness (QED) is 0.764. The zero-order chi connectivity index (χ0) is 16.2. The highest BCUT2D eigenvalue weighted by Crippen LogP contribution is 2.23. The van der Waals surface area contributed by atoms with E-state index in [-0.39, 0.29) is 15.8 Å². The summed E-state index contributed by atoms with van der Waals surface area (Å²) in [6.07, 6.45) is 0.585. The molecule has 1 aromatic heterocycles. The third-order valence-corrected chi connectivity index (χ3v) is 6.20. The maximum atomic E-state index is 12.4. The van der Waals surface area contributed by atoms with Crippen molar-refractivity contribution < 1.29 is 17.9 Å². The Morgan fingerprint density at radius 2 is 2.10 bits per heavy atom. The molecule has 0 bridgehead atoms. The molecule has 21 heavy (non-hydrogen) atoms. The summed E-state index contributed by atoms with van der Waals surface area (Å²) in [6.45, 7) is 4.34. The number of hydrogen-bond donors (Lipinski definition) is 1. The highest BCUT2D eigenvalue weighted by atomic mass is 32.2. The Labute approximate surface area is 129 Å². The Balaban J connectivity index is 2.80. The first-order valence-corrected chi connectivity index (χ1v) is 8.91. The Morgan fingerprint density at radius 1 is 1.48 bits per heavy atom. The monoisotopic (exact) mass is 334 g/mol. The SMILES string of the molecule is COC(=O)c1cc(S(=O)(=O)N(C)CCC(N)C(C)C)cs1. The minimum Gasteiger partial charge on any atom is -0.465 e. The molecule has 1 atom stereocenters. The van der Waals surface area contributed by atoms with E-state index in [0.717, 1.165) is 11.3 Å². The fraction of sp³-hybridized carbons (Fsp3) is 0.615. The topological polar surface area (TPSA) is 89.7 Å². The number of methoxy groups -OCH3 is 1. The molecule has 0 aromatic carbocycles. The van der Waals surface area contributed by atoms with Crippen LogP contribution in [-0.4, -0.2) is 45.4 Å². The van der Waals surface area contributed by atoms with Crippen LogP contribution in [0.25, 0.3) is 0 Å². The molecule has 1 rings (SSSR count). The van der Waals surface area contributed by atoms with Gasteiger partial charge in [0.25, 0.3) is 0 Å². The number of nitrogens with zero attached hydrogens (tertiary/aromatic N) is 1. The normalized spacial score (nSPS) is 13.7. The smallest absolute Gasteiger partial charge is 0.348 e. The molecule has 6 nitrogen and oxygen atoms in total. The van der Waals surface area contributed by atoms with Gasteiger partial charge in [-0.1, -0.05) is 13.8 Å². The first-order chi connectivity index (χ1) is 9.70. The molecule has 0 aliphatic carbocycles. The van der Waals surface area contributed by atoms with Crippen LogP contribution >= 0.6 is 11.3 Å². The second-order valence-corrected chi connectivity index (χ2v) is 8.12. The molecule has 0 saturated carbocycles. The van der Waals surface area contributed by atoms with Crippen LogP contribution in [-0.2, 0) is 14.8 Å². The number of esters is 1. The fourth-order valence-electron chi connectivity index (χ4n) is 1.63. The summed E-state index contributed by atoms with van der Waals surface area (Å²) in [6, 6.07) is 1.29. The van der Waals surface area contributed by atoms with Gasteiger partial charge in [0.2, 0.25) is 10.0 Å². The lowest BCUT2D eigenvalue weighted by molar-refractivity contribution is 0.0606. The van der Waals surface area contributed by atoms with Gasteiger partial charge in [-0.25, -0.2) is 17.5 Å². The minimum atomic E-state index is -3.60. The Bertz CT molecular complexity index is 581. The van der Waals surface area contributed by atoms with Crippen molar-refractivity contribution in [3.05, 3.63) is 16.3 Å². The lowest BCUT2D eigenvalue weighted by Crippen LogP contribution is -2.34. The summed E-state index contributed by atoms with van der Waals surface area (Å²) in [7, 11) is -0.829. The average Bonchev–Trinajstić information content (AvgIpc) is 2.93. The van der Waals surface area contributed by atoms with Crippen LogP contribution in [0.4, 0.5) is 0 Å². The van der Waals surface area contributed by atoms with E-state index in [4.69, 9.17) is 5.73 Å². The van der Waals surface area contributed by atoms with Gasteiger partial charge in [-0.3, -0.25) is 0 Å². The first kappa shape index (κ1) is 18.1. The standard InChI is InChI=1S/C13H22N2O4S2/c1-9(2)11(14)5-6-15(3)21(17,18)10-7-12(20-8-10)13(16)19-4/h7-9,11H,5-6,14H2,1-4H3. The maximum Gasteiger partial charge on any atom is 0.348 e. The highest BCUT2D eigenvalue weighted by Gasteiger charge is 2.24. The van der Waals surface area contributed by atoms with Crippen molar-refractivity contribution in [2.45, 2.75) is 31.2 Å². The predicted octanol–water partition coefficient (Wildman–Crippen LogP) is 1.53. The van der Waals surface area contributed by atoms with Crippen molar-refractivity contribution in [3.63, 3.8) is 0 Å². The molecule has 1 heterocycles. The zero-order valence-corrected chi connectivity index (χ0v) is 14.3. The van der Waals surface area contributed by atoms with Crippen molar-refractivity contribution in [3.8, 4) is 0 Å². The van der Waals surface area contributed by atoms with Gasteiger partial charge in [-0.2, -0.15) is 0 Å². The summed E-state index contributed by atoms with van der Waals surface area (Å²) >= 11 is 1.05. The van der Waals surface area contributed by atoms with Crippen LogP contribution in [0.1, 0.15) is 29.9 Å². The summed E-state index contributed by atoms with van der Waals surface area (Å²) in [5.41, 5.74) is 5.93. The second-order valence-electron chi connectivity index (χ2n) is 5.16. The average molecular weight is 334 g/mol. The Kier molecular flexibility index (Phi) is 6.33. The van der Waals surface area contributed by atoms with Gasteiger partial charge < -0.3 is 10.5 Å². The van der Waals surface area contributed by atoms with E-state index in [1.54, 1.807) is 0 Å². The highest BCUT2D eigenvalue weighted by molar-refractivity contribution is 7.89. The Hall–Kier alpha value is -0.960. The van der Waals surface area contributed by atoms with Crippen LogP contribution in [0.3, 0.4) is 0 Å². The van der Waals surface area contributed by atoms with E-state index >= 15 is 0 Å². The second kappa shape index (κ2) is 7.35. The van der Waals surface area contributed by atoms with Crippen LogP contribution in [0, 0.1) is 5.92 Å². The van der Waals surface area contributed by atoms with E-state index in [9.17, 15) is 13.2 Å². The van der Waals surface area contributed by atoms with E-state index in [1.165, 1.54) is 29.9 Å². The van der Waals surface area contributed by atoms with Gasteiger partial charge in [0, 0.05) is 25.0 Å². The molecule has 2 N–H and O–H groups in total. The van der Waals surface area contributed by atoms with Crippen LogP contribution in [0.2, 0.25) is 0 Å². The maximum absolute atomic E-state index is 12.4. The number of nitrogens with two attached hydrogens (primary N) is 1. The van der Waals surface area contributed by atoms with E-state index < -0.39 is 16.0 Å². The molecule has 0 spiro atoms. The molecular formula is C13H22N2O4S2. The van der Waals surface area contributed by atoms with Crippen molar-refractivity contribution >= 4 is 27.3 Å². The van der Waals surface area contributed by atoms with Crippen molar-refractivity contribution in [2.24, 2.45) is 11.7 Å². The number of ether oxygens (including phenoxy) is 1. The molecule has 0 aliphatic heterocycles. The van der Waals surface area contributed by atoms with Crippen LogP contribution < -0.4 is 5.73 Å². The first-order valence-electron chi connectivity index (χ1n) is 6.59. The van der Waals surface area contributed by atoms with Crippen LogP contribution in [0.15, 0.2) is 16.3 Å². The van der Waals surface area contributed by atoms with E-state index in [2.05, 4.69) is 4.74 Å². The van der Waals surface area contributed by atoms with Gasteiger partial charge in [-0.15, -0.1) is 11.3 Å². The van der Waals surface area contributed by atoms with Crippen LogP contribution in [0.5, 0.6) is 0 Å².